The van der Waals surface area contributed by atoms with Gasteiger partial charge in [-0.05, 0) is 37.1 Å². The number of nitrogens with zero attached hydrogens (tertiary/aromatic N) is 3. The highest BCUT2D eigenvalue weighted by Crippen LogP contribution is 2.31. The Bertz CT molecular complexity index is 951. The summed E-state index contributed by atoms with van der Waals surface area (Å²) in [6.07, 6.45) is 1.98. The van der Waals surface area contributed by atoms with E-state index in [2.05, 4.69) is 33.7 Å². The van der Waals surface area contributed by atoms with Gasteiger partial charge >= 0.3 is 0 Å². The molecule has 0 unspecified atom stereocenters. The van der Waals surface area contributed by atoms with E-state index in [1.165, 1.54) is 16.8 Å². The van der Waals surface area contributed by atoms with Gasteiger partial charge in [-0.2, -0.15) is 0 Å². The molecule has 2 aromatic heterocycles. The van der Waals surface area contributed by atoms with Crippen molar-refractivity contribution < 1.29 is 9.47 Å². The Balaban J connectivity index is 1.54. The third-order valence-corrected chi connectivity index (χ3v) is 5.80. The average molecular weight is 385 g/mol. The van der Waals surface area contributed by atoms with Crippen LogP contribution in [0.25, 0.3) is 11.0 Å². The minimum atomic E-state index is 0.778. The Kier molecular flexibility index (Phi) is 5.22. The van der Waals surface area contributed by atoms with Crippen LogP contribution in [0.15, 0.2) is 29.6 Å². The second-order valence-electron chi connectivity index (χ2n) is 6.67. The third-order valence-electron chi connectivity index (χ3n) is 4.92. The number of thioether (sulfide) groups is 1. The number of aromatic nitrogens is 3. The van der Waals surface area contributed by atoms with Crippen LogP contribution in [-0.4, -0.2) is 48.4 Å². The Morgan fingerprint density at radius 2 is 2.07 bits per heavy atom. The van der Waals surface area contributed by atoms with E-state index in [4.69, 9.17) is 9.47 Å². The van der Waals surface area contributed by atoms with Crippen LogP contribution in [0, 0.1) is 13.8 Å². The summed E-state index contributed by atoms with van der Waals surface area (Å²) < 4.78 is 10.8. The predicted octanol–water partition coefficient (Wildman–Crippen LogP) is 3.71. The van der Waals surface area contributed by atoms with Crippen molar-refractivity contribution in [2.24, 2.45) is 0 Å². The molecule has 4 rings (SSSR count). The number of hydrogen-bond donors (Lipinski definition) is 1. The van der Waals surface area contributed by atoms with Gasteiger partial charge in [0.1, 0.15) is 5.75 Å². The van der Waals surface area contributed by atoms with Crippen LogP contribution in [0.4, 0.5) is 5.69 Å². The van der Waals surface area contributed by atoms with E-state index in [1.807, 2.05) is 24.4 Å². The van der Waals surface area contributed by atoms with Crippen molar-refractivity contribution in [2.45, 2.75) is 24.8 Å². The molecular weight excluding hydrogens is 360 g/mol. The van der Waals surface area contributed by atoms with Gasteiger partial charge in [-0.1, -0.05) is 11.8 Å². The minimum Gasteiger partial charge on any atom is -0.497 e. The largest absolute Gasteiger partial charge is 0.497 e. The number of H-pyrrole nitrogens is 1. The zero-order chi connectivity index (χ0) is 18.8. The predicted molar refractivity (Wildman–Crippen MR) is 109 cm³/mol. The van der Waals surface area contributed by atoms with Gasteiger partial charge in [-0.3, -0.25) is 4.98 Å². The summed E-state index contributed by atoms with van der Waals surface area (Å²) in [6, 6.07) is 5.88. The lowest BCUT2D eigenvalue weighted by molar-refractivity contribution is 0.122. The molecule has 1 aliphatic heterocycles. The van der Waals surface area contributed by atoms with Crippen molar-refractivity contribution in [3.8, 4) is 5.75 Å². The maximum atomic E-state index is 5.50. The van der Waals surface area contributed by atoms with Crippen LogP contribution in [0.5, 0.6) is 5.75 Å². The summed E-state index contributed by atoms with van der Waals surface area (Å²) >= 11 is 1.67. The van der Waals surface area contributed by atoms with Gasteiger partial charge in [-0.25, -0.2) is 4.98 Å². The number of aromatic amines is 1. The molecule has 27 heavy (non-hydrogen) atoms. The second kappa shape index (κ2) is 7.78. The van der Waals surface area contributed by atoms with E-state index in [1.54, 1.807) is 18.9 Å². The number of rotatable bonds is 5. The van der Waals surface area contributed by atoms with E-state index < -0.39 is 0 Å². The standard InChI is InChI=1S/C20H24N4O2S/c1-13-11-21-18(14(2)19(13)24-6-8-26-9-7-24)12-27-20-22-16-5-4-15(25-3)10-17(16)23-20/h4-5,10-11H,6-9,12H2,1-3H3,(H,22,23). The maximum absolute atomic E-state index is 5.50. The van der Waals surface area contributed by atoms with Crippen molar-refractivity contribution in [3.63, 3.8) is 0 Å². The van der Waals surface area contributed by atoms with Gasteiger partial charge < -0.3 is 19.4 Å². The monoisotopic (exact) mass is 384 g/mol. The summed E-state index contributed by atoms with van der Waals surface area (Å²) in [4.78, 5) is 15.1. The fourth-order valence-electron chi connectivity index (χ4n) is 3.48. The molecule has 6 nitrogen and oxygen atoms in total. The summed E-state index contributed by atoms with van der Waals surface area (Å²) in [5.74, 6) is 1.59. The molecule has 0 atom stereocenters. The topological polar surface area (TPSA) is 63.3 Å². The molecule has 142 valence electrons. The fourth-order valence-corrected chi connectivity index (χ4v) is 4.39. The lowest BCUT2D eigenvalue weighted by atomic mass is 10.1. The zero-order valence-electron chi connectivity index (χ0n) is 15.9. The number of fused-ring (bicyclic) bond motifs is 1. The number of pyridine rings is 1. The number of morpholine rings is 1. The fraction of sp³-hybridized carbons (Fsp3) is 0.400. The van der Waals surface area contributed by atoms with Gasteiger partial charge in [-0.15, -0.1) is 0 Å². The van der Waals surface area contributed by atoms with Gasteiger partial charge in [0.15, 0.2) is 5.16 Å². The van der Waals surface area contributed by atoms with Crippen molar-refractivity contribution in [1.82, 2.24) is 15.0 Å². The number of benzene rings is 1. The number of nitrogens with one attached hydrogen (secondary N) is 1. The van der Waals surface area contributed by atoms with Crippen molar-refractivity contribution in [2.75, 3.05) is 38.3 Å². The molecule has 1 aliphatic rings. The van der Waals surface area contributed by atoms with Gasteiger partial charge in [0.2, 0.25) is 0 Å². The molecule has 1 aromatic carbocycles. The molecule has 1 N–H and O–H groups in total. The second-order valence-corrected chi connectivity index (χ2v) is 7.64. The summed E-state index contributed by atoms with van der Waals surface area (Å²) in [6.45, 7) is 7.74. The minimum absolute atomic E-state index is 0.778. The van der Waals surface area contributed by atoms with Crippen molar-refractivity contribution >= 4 is 28.5 Å². The number of imidazole rings is 1. The lowest BCUT2D eigenvalue weighted by Gasteiger charge is -2.32. The zero-order valence-corrected chi connectivity index (χ0v) is 16.7. The number of ether oxygens (including phenoxy) is 2. The molecular formula is C20H24N4O2S. The van der Waals surface area contributed by atoms with E-state index >= 15 is 0 Å². The molecule has 1 fully saturated rings. The molecule has 0 amide bonds. The maximum Gasteiger partial charge on any atom is 0.166 e. The van der Waals surface area contributed by atoms with Crippen molar-refractivity contribution in [1.29, 1.82) is 0 Å². The molecule has 7 heteroatoms. The first-order valence-corrected chi connectivity index (χ1v) is 10.1. The van der Waals surface area contributed by atoms with Crippen LogP contribution in [0.2, 0.25) is 0 Å². The first kappa shape index (κ1) is 18.1. The van der Waals surface area contributed by atoms with E-state index in [0.717, 1.165) is 59.7 Å². The SMILES string of the molecule is COc1ccc2[nH]c(SCc3ncc(C)c(N4CCOCC4)c3C)nc2c1. The summed E-state index contributed by atoms with van der Waals surface area (Å²) in [5, 5.41) is 0.896. The first-order valence-electron chi connectivity index (χ1n) is 9.10. The molecule has 0 bridgehead atoms. The van der Waals surface area contributed by atoms with E-state index in [-0.39, 0.29) is 0 Å². The Morgan fingerprint density at radius 1 is 1.26 bits per heavy atom. The van der Waals surface area contributed by atoms with Gasteiger partial charge in [0, 0.05) is 36.8 Å². The molecule has 0 aliphatic carbocycles. The molecule has 3 aromatic rings. The van der Waals surface area contributed by atoms with Crippen LogP contribution >= 0.6 is 11.8 Å². The number of methoxy groups -OCH3 is 1. The molecule has 0 radical (unpaired) electrons. The van der Waals surface area contributed by atoms with Crippen LogP contribution in [-0.2, 0) is 10.5 Å². The highest BCUT2D eigenvalue weighted by molar-refractivity contribution is 7.98. The van der Waals surface area contributed by atoms with Crippen LogP contribution < -0.4 is 9.64 Å². The summed E-state index contributed by atoms with van der Waals surface area (Å²) in [5.41, 5.74) is 6.81. The molecule has 1 saturated heterocycles. The highest BCUT2D eigenvalue weighted by atomic mass is 32.2. The highest BCUT2D eigenvalue weighted by Gasteiger charge is 2.18. The van der Waals surface area contributed by atoms with Crippen LogP contribution in [0.1, 0.15) is 16.8 Å². The quantitative estimate of drug-likeness (QED) is 0.677. The summed E-state index contributed by atoms with van der Waals surface area (Å²) in [7, 11) is 1.67. The Morgan fingerprint density at radius 3 is 2.85 bits per heavy atom. The molecule has 3 heterocycles. The van der Waals surface area contributed by atoms with Gasteiger partial charge in [0.05, 0.1) is 37.1 Å². The normalized spacial score (nSPS) is 14.7. The van der Waals surface area contributed by atoms with Gasteiger partial charge in [0.25, 0.3) is 0 Å². The smallest absolute Gasteiger partial charge is 0.166 e. The van der Waals surface area contributed by atoms with E-state index in [9.17, 15) is 0 Å². The number of hydrogen-bond acceptors (Lipinski definition) is 6. The number of aryl methyl sites for hydroxylation is 1. The molecule has 0 saturated carbocycles. The third kappa shape index (κ3) is 3.75. The Hall–Kier alpha value is -2.25. The van der Waals surface area contributed by atoms with Crippen LogP contribution in [0.3, 0.4) is 0 Å². The lowest BCUT2D eigenvalue weighted by Crippen LogP contribution is -2.37. The average Bonchev–Trinajstić information content (AvgIpc) is 3.10. The number of anilines is 1. The Labute approximate surface area is 163 Å². The first-order chi connectivity index (χ1) is 13.2. The van der Waals surface area contributed by atoms with Crippen molar-refractivity contribution in [3.05, 3.63) is 41.2 Å². The molecule has 0 spiro atoms. The van der Waals surface area contributed by atoms with E-state index in [0.29, 0.717) is 0 Å².